The van der Waals surface area contributed by atoms with Crippen LogP contribution >= 0.6 is 27.5 Å². The summed E-state index contributed by atoms with van der Waals surface area (Å²) in [6, 6.07) is 7.43. The van der Waals surface area contributed by atoms with Crippen molar-refractivity contribution in [3.8, 4) is 0 Å². The Balaban J connectivity index is 1.81. The molecule has 1 saturated heterocycles. The molecule has 1 aromatic carbocycles. The first kappa shape index (κ1) is 14.8. The van der Waals surface area contributed by atoms with Crippen LogP contribution in [0.15, 0.2) is 28.7 Å². The second-order valence-electron chi connectivity index (χ2n) is 5.01. The smallest absolute Gasteiger partial charge is 0.254 e. The van der Waals surface area contributed by atoms with Crippen molar-refractivity contribution < 1.29 is 9.53 Å². The summed E-state index contributed by atoms with van der Waals surface area (Å²) < 4.78 is 6.42. The average molecular weight is 370 g/mol. The Labute approximate surface area is 136 Å². The van der Waals surface area contributed by atoms with Crippen LogP contribution in [-0.4, -0.2) is 30.1 Å². The molecule has 0 radical (unpaired) electrons. The molecule has 3 rings (SSSR count). The van der Waals surface area contributed by atoms with Crippen molar-refractivity contribution in [3.05, 3.63) is 39.5 Å². The first-order chi connectivity index (χ1) is 10.1. The third kappa shape index (κ3) is 3.36. The topological polar surface area (TPSA) is 51.2 Å². The van der Waals surface area contributed by atoms with Crippen molar-refractivity contribution in [2.45, 2.75) is 18.9 Å². The molecule has 110 valence electrons. The van der Waals surface area contributed by atoms with Crippen molar-refractivity contribution in [1.82, 2.24) is 10.3 Å². The average Bonchev–Trinajstić information content (AvgIpc) is 2.98. The quantitative estimate of drug-likeness (QED) is 0.842. The van der Waals surface area contributed by atoms with E-state index >= 15 is 0 Å². The van der Waals surface area contributed by atoms with Gasteiger partial charge in [0.2, 0.25) is 0 Å². The van der Waals surface area contributed by atoms with Crippen molar-refractivity contribution in [1.29, 1.82) is 0 Å². The van der Waals surface area contributed by atoms with Crippen LogP contribution < -0.4 is 5.32 Å². The molecule has 0 saturated carbocycles. The van der Waals surface area contributed by atoms with Crippen LogP contribution in [0.1, 0.15) is 23.2 Å². The number of rotatable bonds is 3. The molecule has 1 aromatic heterocycles. The van der Waals surface area contributed by atoms with Gasteiger partial charge in [0.1, 0.15) is 5.15 Å². The lowest BCUT2D eigenvalue weighted by Crippen LogP contribution is -2.32. The van der Waals surface area contributed by atoms with Crippen LogP contribution in [0, 0.1) is 0 Å². The van der Waals surface area contributed by atoms with E-state index in [1.54, 1.807) is 6.07 Å². The number of halogens is 2. The number of nitrogens with zero attached hydrogens (tertiary/aromatic N) is 1. The van der Waals surface area contributed by atoms with Crippen LogP contribution in [-0.2, 0) is 4.74 Å². The maximum absolute atomic E-state index is 12.2. The van der Waals surface area contributed by atoms with Gasteiger partial charge in [-0.2, -0.15) is 0 Å². The zero-order chi connectivity index (χ0) is 14.8. The van der Waals surface area contributed by atoms with E-state index in [0.717, 1.165) is 34.8 Å². The Hall–Kier alpha value is -1.17. The molecule has 0 aliphatic carbocycles. The summed E-state index contributed by atoms with van der Waals surface area (Å²) in [6.07, 6.45) is 2.14. The maximum atomic E-state index is 12.2. The van der Waals surface area contributed by atoms with E-state index in [4.69, 9.17) is 16.3 Å². The molecular weight excluding hydrogens is 356 g/mol. The first-order valence-corrected chi connectivity index (χ1v) is 7.96. The molecule has 6 heteroatoms. The molecule has 1 aliphatic rings. The highest BCUT2D eigenvalue weighted by Gasteiger charge is 2.18. The fourth-order valence-corrected chi connectivity index (χ4v) is 3.00. The molecule has 21 heavy (non-hydrogen) atoms. The van der Waals surface area contributed by atoms with E-state index in [9.17, 15) is 4.79 Å². The molecule has 2 aromatic rings. The normalized spacial score (nSPS) is 18.1. The summed E-state index contributed by atoms with van der Waals surface area (Å²) in [5.41, 5.74) is 1.15. The number of nitrogens with one attached hydrogen (secondary N) is 1. The third-order valence-electron chi connectivity index (χ3n) is 3.49. The van der Waals surface area contributed by atoms with Crippen molar-refractivity contribution in [3.63, 3.8) is 0 Å². The van der Waals surface area contributed by atoms with E-state index in [1.807, 2.05) is 18.2 Å². The lowest BCUT2D eigenvalue weighted by atomic mass is 10.1. The van der Waals surface area contributed by atoms with Gasteiger partial charge in [0.15, 0.2) is 0 Å². The van der Waals surface area contributed by atoms with Gasteiger partial charge in [-0.05, 0) is 37.1 Å². The van der Waals surface area contributed by atoms with E-state index < -0.39 is 0 Å². The van der Waals surface area contributed by atoms with E-state index in [2.05, 4.69) is 26.2 Å². The Bertz CT molecular complexity index is 687. The van der Waals surface area contributed by atoms with Crippen molar-refractivity contribution in [2.75, 3.05) is 13.2 Å². The number of hydrogen-bond donors (Lipinski definition) is 1. The number of fused-ring (bicyclic) bond motifs is 1. The number of carbonyl (C=O) groups is 1. The van der Waals surface area contributed by atoms with Crippen LogP contribution in [0.4, 0.5) is 0 Å². The molecule has 0 spiro atoms. The van der Waals surface area contributed by atoms with Gasteiger partial charge < -0.3 is 10.1 Å². The summed E-state index contributed by atoms with van der Waals surface area (Å²) in [5.74, 6) is -0.218. The van der Waals surface area contributed by atoms with Crippen LogP contribution in [0.3, 0.4) is 0 Å². The van der Waals surface area contributed by atoms with Gasteiger partial charge in [-0.15, -0.1) is 0 Å². The fraction of sp³-hybridized carbons (Fsp3) is 0.333. The summed E-state index contributed by atoms with van der Waals surface area (Å²) >= 11 is 9.53. The van der Waals surface area contributed by atoms with Crippen molar-refractivity contribution >= 4 is 44.3 Å². The summed E-state index contributed by atoms with van der Waals surface area (Å²) in [6.45, 7) is 1.28. The monoisotopic (exact) mass is 368 g/mol. The van der Waals surface area contributed by atoms with Gasteiger partial charge in [-0.25, -0.2) is 4.98 Å². The Morgan fingerprint density at radius 3 is 3.10 bits per heavy atom. The van der Waals surface area contributed by atoms with E-state index in [0.29, 0.717) is 12.1 Å². The largest absolute Gasteiger partial charge is 0.376 e. The summed E-state index contributed by atoms with van der Waals surface area (Å²) in [7, 11) is 0. The van der Waals surface area contributed by atoms with Gasteiger partial charge in [-0.1, -0.05) is 27.5 Å². The minimum Gasteiger partial charge on any atom is -0.376 e. The molecule has 1 atom stereocenters. The van der Waals surface area contributed by atoms with Gasteiger partial charge in [0.05, 0.1) is 17.2 Å². The Kier molecular flexibility index (Phi) is 4.42. The standard InChI is InChI=1S/C15H14BrClN2O2/c16-10-3-4-13-9(6-10)7-12(14(17)19-13)15(20)18-8-11-2-1-5-21-11/h3-4,6-7,11H,1-2,5,8H2,(H,18,20). The van der Waals surface area contributed by atoms with E-state index in [-0.39, 0.29) is 17.2 Å². The molecule has 1 N–H and O–H groups in total. The predicted molar refractivity (Wildman–Crippen MR) is 85.8 cm³/mol. The van der Waals surface area contributed by atoms with Crippen molar-refractivity contribution in [2.24, 2.45) is 0 Å². The van der Waals surface area contributed by atoms with Crippen LogP contribution in [0.2, 0.25) is 5.15 Å². The van der Waals surface area contributed by atoms with Crippen LogP contribution in [0.25, 0.3) is 10.9 Å². The molecule has 0 bridgehead atoms. The zero-order valence-corrected chi connectivity index (χ0v) is 13.6. The molecule has 1 aliphatic heterocycles. The molecular formula is C15H14BrClN2O2. The first-order valence-electron chi connectivity index (χ1n) is 6.79. The fourth-order valence-electron chi connectivity index (χ4n) is 2.39. The SMILES string of the molecule is O=C(NCC1CCCO1)c1cc2cc(Br)ccc2nc1Cl. The third-order valence-corrected chi connectivity index (χ3v) is 4.27. The number of benzene rings is 1. The number of hydrogen-bond acceptors (Lipinski definition) is 3. The van der Waals surface area contributed by atoms with E-state index in [1.165, 1.54) is 0 Å². The number of aromatic nitrogens is 1. The number of ether oxygens (including phenoxy) is 1. The maximum Gasteiger partial charge on any atom is 0.254 e. The number of amides is 1. The highest BCUT2D eigenvalue weighted by molar-refractivity contribution is 9.10. The number of pyridine rings is 1. The second-order valence-corrected chi connectivity index (χ2v) is 6.28. The minimum absolute atomic E-state index is 0.107. The summed E-state index contributed by atoms with van der Waals surface area (Å²) in [5, 5.41) is 3.95. The van der Waals surface area contributed by atoms with Gasteiger partial charge in [-0.3, -0.25) is 4.79 Å². The molecule has 1 unspecified atom stereocenters. The highest BCUT2D eigenvalue weighted by Crippen LogP contribution is 2.23. The lowest BCUT2D eigenvalue weighted by Gasteiger charge is -2.11. The zero-order valence-electron chi connectivity index (χ0n) is 11.2. The molecule has 4 nitrogen and oxygen atoms in total. The molecule has 1 fully saturated rings. The van der Waals surface area contributed by atoms with Crippen LogP contribution in [0.5, 0.6) is 0 Å². The van der Waals surface area contributed by atoms with Gasteiger partial charge >= 0.3 is 0 Å². The summed E-state index contributed by atoms with van der Waals surface area (Å²) in [4.78, 5) is 16.5. The predicted octanol–water partition coefficient (Wildman–Crippen LogP) is 3.56. The highest BCUT2D eigenvalue weighted by atomic mass is 79.9. The lowest BCUT2D eigenvalue weighted by molar-refractivity contribution is 0.0858. The Morgan fingerprint density at radius 2 is 2.33 bits per heavy atom. The second kappa shape index (κ2) is 6.30. The Morgan fingerprint density at radius 1 is 1.48 bits per heavy atom. The van der Waals surface area contributed by atoms with Gasteiger partial charge in [0, 0.05) is 23.0 Å². The minimum atomic E-state index is -0.218. The molecule has 1 amide bonds. The van der Waals surface area contributed by atoms with Gasteiger partial charge in [0.25, 0.3) is 5.91 Å². The molecule has 2 heterocycles. The number of carbonyl (C=O) groups excluding carboxylic acids is 1.